The van der Waals surface area contributed by atoms with Crippen molar-refractivity contribution in [1.82, 2.24) is 9.97 Å². The van der Waals surface area contributed by atoms with Gasteiger partial charge in [-0.1, -0.05) is 0 Å². The highest BCUT2D eigenvalue weighted by molar-refractivity contribution is 6.48. The van der Waals surface area contributed by atoms with Crippen LogP contribution in [0.1, 0.15) is 36.9 Å². The van der Waals surface area contributed by atoms with Crippen LogP contribution in [0.4, 0.5) is 5.82 Å². The molecule has 3 aliphatic carbocycles. The summed E-state index contributed by atoms with van der Waals surface area (Å²) in [6.07, 6.45) is 7.09. The molecule has 2 bridgehead atoms. The van der Waals surface area contributed by atoms with E-state index in [-0.39, 0.29) is 35.2 Å². The Balaban J connectivity index is 1.72. The predicted molar refractivity (Wildman–Crippen MR) is 115 cm³/mol. The van der Waals surface area contributed by atoms with Crippen LogP contribution in [-0.4, -0.2) is 44.5 Å². The van der Waals surface area contributed by atoms with Crippen LogP contribution in [0.15, 0.2) is 46.6 Å². The lowest BCUT2D eigenvalue weighted by molar-refractivity contribution is -0.148. The van der Waals surface area contributed by atoms with Gasteiger partial charge in [-0.15, -0.1) is 0 Å². The molecule has 0 aliphatic heterocycles. The molecular weight excluding hydrogens is 382 g/mol. The van der Waals surface area contributed by atoms with Gasteiger partial charge in [0.05, 0.1) is 17.7 Å². The molecule has 2 atom stereocenters. The molecule has 3 saturated carbocycles. The third-order valence-electron chi connectivity index (χ3n) is 6.16. The molecule has 5 rings (SSSR count). The van der Waals surface area contributed by atoms with Crippen molar-refractivity contribution >= 4 is 29.2 Å². The number of aromatic amines is 1. The Morgan fingerprint density at radius 1 is 1.20 bits per heavy atom. The van der Waals surface area contributed by atoms with Crippen LogP contribution >= 0.6 is 0 Å². The molecule has 0 saturated heterocycles. The van der Waals surface area contributed by atoms with Gasteiger partial charge in [-0.3, -0.25) is 15.2 Å². The van der Waals surface area contributed by atoms with E-state index >= 15 is 0 Å². The smallest absolute Gasteiger partial charge is 0.308 e. The molecule has 30 heavy (non-hydrogen) atoms. The molecule has 2 aromatic rings. The highest BCUT2D eigenvalue weighted by atomic mass is 16.4. The first-order valence-corrected chi connectivity index (χ1v) is 10.0. The topological polar surface area (TPSA) is 167 Å². The number of H-pyrrole nitrogens is 1. The molecule has 9 heteroatoms. The van der Waals surface area contributed by atoms with Gasteiger partial charge in [0, 0.05) is 18.0 Å². The van der Waals surface area contributed by atoms with E-state index in [1.54, 1.807) is 24.4 Å². The van der Waals surface area contributed by atoms with Gasteiger partial charge in [-0.25, -0.2) is 9.98 Å². The molecule has 0 spiro atoms. The Hall–Kier alpha value is -3.49. The second-order valence-electron chi connectivity index (χ2n) is 7.87. The molecule has 3 aliphatic rings. The van der Waals surface area contributed by atoms with Gasteiger partial charge >= 0.3 is 5.97 Å². The van der Waals surface area contributed by atoms with Crippen LogP contribution < -0.4 is 11.5 Å². The number of aliphatic carboxylic acids is 1. The lowest BCUT2D eigenvalue weighted by Crippen LogP contribution is -2.47. The maximum atomic E-state index is 12.0. The normalized spacial score (nSPS) is 26.5. The second-order valence-corrected chi connectivity index (χ2v) is 7.87. The van der Waals surface area contributed by atoms with E-state index in [2.05, 4.69) is 15.0 Å². The molecular formula is C21H25N7O2. The van der Waals surface area contributed by atoms with E-state index in [9.17, 15) is 9.90 Å². The molecule has 7 N–H and O–H groups in total. The fourth-order valence-corrected chi connectivity index (χ4v) is 4.66. The zero-order valence-corrected chi connectivity index (χ0v) is 16.5. The van der Waals surface area contributed by atoms with Crippen LogP contribution in [0, 0.1) is 23.2 Å². The number of nitrogens with one attached hydrogen (secondary N) is 2. The molecule has 156 valence electrons. The van der Waals surface area contributed by atoms with Crippen molar-refractivity contribution in [3.63, 3.8) is 0 Å². The standard InChI is InChI=1S/C21H25N7O2/c22-16(13-3-1-10-26-18(13)23)19(24)28-20(14-4-2-9-25-14)27-17-12-7-5-11(6-8-12)15(17)21(29)30/h1-4,9-12,15,17,22,25H,5-8H2,(H2,23,26)(H,29,30)(H2,24,27,28)/t11?,12?,15-,17-/m0/s1. The molecule has 0 unspecified atom stereocenters. The van der Waals surface area contributed by atoms with Gasteiger partial charge in [0.1, 0.15) is 11.5 Å². The predicted octanol–water partition coefficient (Wildman–Crippen LogP) is 2.05. The number of fused-ring (bicyclic) bond motifs is 3. The zero-order valence-electron chi connectivity index (χ0n) is 16.5. The number of amidine groups is 2. The molecule has 0 aromatic carbocycles. The van der Waals surface area contributed by atoms with Gasteiger partial charge in [-0.05, 0) is 61.8 Å². The van der Waals surface area contributed by atoms with Crippen molar-refractivity contribution < 1.29 is 9.90 Å². The Labute approximate surface area is 173 Å². The van der Waals surface area contributed by atoms with Crippen molar-refractivity contribution in [3.05, 3.63) is 47.9 Å². The van der Waals surface area contributed by atoms with Crippen LogP contribution in [0.25, 0.3) is 0 Å². The molecule has 2 heterocycles. The largest absolute Gasteiger partial charge is 0.481 e. The van der Waals surface area contributed by atoms with Crippen molar-refractivity contribution in [3.8, 4) is 0 Å². The Morgan fingerprint density at radius 2 is 1.93 bits per heavy atom. The third kappa shape index (κ3) is 3.70. The number of aliphatic imine (C=N–C) groups is 2. The number of pyridine rings is 1. The lowest BCUT2D eigenvalue weighted by atomic mass is 9.62. The Bertz CT molecular complexity index is 1000. The first-order chi connectivity index (χ1) is 14.5. The minimum Gasteiger partial charge on any atom is -0.481 e. The van der Waals surface area contributed by atoms with Crippen molar-refractivity contribution in [2.75, 3.05) is 5.73 Å². The number of nitrogens with two attached hydrogens (primary N) is 2. The number of carbonyl (C=O) groups is 1. The summed E-state index contributed by atoms with van der Waals surface area (Å²) in [5, 5.41) is 18.2. The second kappa shape index (κ2) is 8.10. The Morgan fingerprint density at radius 3 is 2.57 bits per heavy atom. The van der Waals surface area contributed by atoms with Crippen molar-refractivity contribution in [2.24, 2.45) is 33.5 Å². The van der Waals surface area contributed by atoms with Gasteiger partial charge in [0.25, 0.3) is 0 Å². The number of anilines is 1. The number of rotatable bonds is 5. The van der Waals surface area contributed by atoms with E-state index in [1.807, 2.05) is 6.07 Å². The summed E-state index contributed by atoms with van der Waals surface area (Å²) < 4.78 is 0. The van der Waals surface area contributed by atoms with Gasteiger partial charge in [0.15, 0.2) is 11.7 Å². The van der Waals surface area contributed by atoms with Crippen molar-refractivity contribution in [2.45, 2.75) is 31.7 Å². The van der Waals surface area contributed by atoms with Crippen LogP contribution in [0.2, 0.25) is 0 Å². The summed E-state index contributed by atoms with van der Waals surface area (Å²) in [7, 11) is 0. The van der Waals surface area contributed by atoms with E-state index in [0.717, 1.165) is 25.7 Å². The summed E-state index contributed by atoms with van der Waals surface area (Å²) in [5.74, 6) is -0.546. The number of nitrogen functional groups attached to an aromatic ring is 1. The highest BCUT2D eigenvalue weighted by Gasteiger charge is 2.47. The minimum absolute atomic E-state index is 0.0557. The van der Waals surface area contributed by atoms with Crippen molar-refractivity contribution in [1.29, 1.82) is 5.41 Å². The maximum absolute atomic E-state index is 12.0. The summed E-state index contributed by atoms with van der Waals surface area (Å²) in [5.41, 5.74) is 12.9. The minimum atomic E-state index is -0.809. The number of hydrogen-bond donors (Lipinski definition) is 5. The highest BCUT2D eigenvalue weighted by Crippen LogP contribution is 2.46. The van der Waals surface area contributed by atoms with Crippen LogP contribution in [-0.2, 0) is 4.79 Å². The summed E-state index contributed by atoms with van der Waals surface area (Å²) in [4.78, 5) is 28.2. The third-order valence-corrected chi connectivity index (χ3v) is 6.16. The zero-order chi connectivity index (χ0) is 21.3. The summed E-state index contributed by atoms with van der Waals surface area (Å²) in [6, 6.07) is 6.57. The van der Waals surface area contributed by atoms with E-state index in [1.165, 1.54) is 6.20 Å². The number of aromatic nitrogens is 2. The van der Waals surface area contributed by atoms with Gasteiger partial charge in [-0.2, -0.15) is 0 Å². The Kier molecular flexibility index (Phi) is 5.35. The first-order valence-electron chi connectivity index (χ1n) is 10.0. The van der Waals surface area contributed by atoms with Gasteiger partial charge in [0.2, 0.25) is 0 Å². The quantitative estimate of drug-likeness (QED) is 0.377. The van der Waals surface area contributed by atoms with Gasteiger partial charge < -0.3 is 21.6 Å². The average molecular weight is 407 g/mol. The van der Waals surface area contributed by atoms with E-state index < -0.39 is 11.9 Å². The summed E-state index contributed by atoms with van der Waals surface area (Å²) in [6.45, 7) is 0. The molecule has 2 aromatic heterocycles. The maximum Gasteiger partial charge on any atom is 0.308 e. The fourth-order valence-electron chi connectivity index (χ4n) is 4.66. The summed E-state index contributed by atoms with van der Waals surface area (Å²) >= 11 is 0. The number of nitrogens with zero attached hydrogens (tertiary/aromatic N) is 3. The van der Waals surface area contributed by atoms with E-state index in [4.69, 9.17) is 21.9 Å². The average Bonchev–Trinajstić information content (AvgIpc) is 3.28. The number of hydrogen-bond acceptors (Lipinski definition) is 5. The van der Waals surface area contributed by atoms with Crippen LogP contribution in [0.5, 0.6) is 0 Å². The monoisotopic (exact) mass is 407 g/mol. The molecule has 3 fully saturated rings. The lowest BCUT2D eigenvalue weighted by Gasteiger charge is -2.45. The molecule has 0 radical (unpaired) electrons. The fraction of sp³-hybridized carbons (Fsp3) is 0.381. The molecule has 9 nitrogen and oxygen atoms in total. The SMILES string of the molecule is N=C(C(N)=NC(=N[C@H]1C2CCC(CC2)[C@@H]1C(=O)O)c1ccc[nH]1)c1cccnc1N. The van der Waals surface area contributed by atoms with E-state index in [0.29, 0.717) is 17.1 Å². The van der Waals surface area contributed by atoms with Crippen LogP contribution in [0.3, 0.4) is 0 Å². The number of carboxylic acid groups (broad SMARTS) is 1. The first kappa shape index (κ1) is 19.8. The molecule has 0 amide bonds. The number of carboxylic acids is 1.